The van der Waals surface area contributed by atoms with Crippen LogP contribution in [-0.4, -0.2) is 19.6 Å². The van der Waals surface area contributed by atoms with Crippen molar-refractivity contribution in [1.82, 2.24) is 0 Å². The van der Waals surface area contributed by atoms with E-state index < -0.39 is 0 Å². The molecular weight excluding hydrogens is 321 g/mol. The number of rotatable bonds is 4. The predicted octanol–water partition coefficient (Wildman–Crippen LogP) is 3.76. The van der Waals surface area contributed by atoms with Crippen LogP contribution in [0.5, 0.6) is 0 Å². The largest absolute Gasteiger partial charge is 0.487 e. The lowest BCUT2D eigenvalue weighted by Gasteiger charge is -2.06. The molecule has 0 atom stereocenters. The monoisotopic (exact) mass is 339 g/mol. The maximum Gasteiger partial charge on any atom is 0.260 e. The van der Waals surface area contributed by atoms with Gasteiger partial charge in [-0.1, -0.05) is 18.2 Å². The zero-order chi connectivity index (χ0) is 17.4. The summed E-state index contributed by atoms with van der Waals surface area (Å²) in [5, 5.41) is 2.77. The first-order valence-corrected chi connectivity index (χ1v) is 8.27. The van der Waals surface area contributed by atoms with Gasteiger partial charge in [0.05, 0.1) is 5.57 Å². The summed E-state index contributed by atoms with van der Waals surface area (Å²) in [6, 6.07) is 10.4. The third-order valence-electron chi connectivity index (χ3n) is 4.55. The van der Waals surface area contributed by atoms with E-state index >= 15 is 0 Å². The first-order valence-electron chi connectivity index (χ1n) is 8.27. The molecule has 2 aromatic rings. The number of nitrogens with one attached hydrogen (secondary N) is 1. The van der Waals surface area contributed by atoms with Crippen LogP contribution < -0.4 is 5.32 Å². The zero-order valence-electron chi connectivity index (χ0n) is 13.9. The molecule has 1 N–H and O–H groups in total. The highest BCUT2D eigenvalue weighted by Gasteiger charge is 2.32. The van der Waals surface area contributed by atoms with Crippen molar-refractivity contribution < 1.29 is 18.7 Å². The number of aryl methyl sites for hydroxylation is 1. The Morgan fingerprint density at radius 3 is 2.92 bits per heavy atom. The summed E-state index contributed by atoms with van der Waals surface area (Å²) in [7, 11) is 1.70. The molecule has 2 heterocycles. The van der Waals surface area contributed by atoms with Crippen LogP contribution in [0.1, 0.15) is 28.7 Å². The molecule has 25 heavy (non-hydrogen) atoms. The molecule has 2 aliphatic heterocycles. The number of carbonyl (C=O) groups is 1. The lowest BCUT2D eigenvalue weighted by molar-refractivity contribution is -0.110. The molecule has 2 aromatic carbocycles. The highest BCUT2D eigenvalue weighted by atomic mass is 19.1. The van der Waals surface area contributed by atoms with Crippen LogP contribution in [0.25, 0.3) is 11.3 Å². The van der Waals surface area contributed by atoms with E-state index in [1.54, 1.807) is 13.2 Å². The maximum absolute atomic E-state index is 13.6. The molecule has 0 bridgehead atoms. The number of amides is 1. The molecule has 128 valence electrons. The summed E-state index contributed by atoms with van der Waals surface area (Å²) in [6.07, 6.45) is 1.89. The number of halogens is 1. The van der Waals surface area contributed by atoms with Gasteiger partial charge in [-0.05, 0) is 36.6 Å². The minimum absolute atomic E-state index is 0.257. The molecule has 0 aromatic heterocycles. The van der Waals surface area contributed by atoms with Crippen LogP contribution in [0.2, 0.25) is 0 Å². The standard InChI is InChI=1S/C20H18FNO3/c1-24-8-2-3-12-4-6-15-13(9-12)11-25-19(15)18-16-10-14(21)5-7-17(16)22-20(18)23/h4-7,9-10H,2-3,8,11H2,1H3,(H,22,23)/b19-18+. The predicted molar refractivity (Wildman–Crippen MR) is 93.3 cm³/mol. The Morgan fingerprint density at radius 1 is 1.20 bits per heavy atom. The van der Waals surface area contributed by atoms with Gasteiger partial charge < -0.3 is 14.8 Å². The number of benzene rings is 2. The number of methoxy groups -OCH3 is 1. The Hall–Kier alpha value is -2.66. The van der Waals surface area contributed by atoms with Crippen LogP contribution in [0.3, 0.4) is 0 Å². The number of carbonyl (C=O) groups excluding carboxylic acids is 1. The second kappa shape index (κ2) is 6.33. The van der Waals surface area contributed by atoms with Crippen molar-refractivity contribution >= 4 is 22.9 Å². The van der Waals surface area contributed by atoms with Crippen molar-refractivity contribution in [3.05, 3.63) is 64.5 Å². The van der Waals surface area contributed by atoms with Gasteiger partial charge >= 0.3 is 0 Å². The molecule has 5 heteroatoms. The second-order valence-electron chi connectivity index (χ2n) is 6.22. The highest BCUT2D eigenvalue weighted by molar-refractivity contribution is 6.36. The first-order chi connectivity index (χ1) is 12.2. The number of anilines is 1. The average molecular weight is 339 g/mol. The Morgan fingerprint density at radius 2 is 2.08 bits per heavy atom. The molecule has 4 rings (SSSR count). The van der Waals surface area contributed by atoms with E-state index in [-0.39, 0.29) is 11.7 Å². The average Bonchev–Trinajstić information content (AvgIpc) is 3.14. The minimum atomic E-state index is -0.375. The van der Waals surface area contributed by atoms with Gasteiger partial charge in [0.1, 0.15) is 18.2 Å². The van der Waals surface area contributed by atoms with Gasteiger partial charge in [-0.3, -0.25) is 4.79 Å². The zero-order valence-corrected chi connectivity index (χ0v) is 13.9. The quantitative estimate of drug-likeness (QED) is 0.682. The lowest BCUT2D eigenvalue weighted by atomic mass is 9.98. The minimum Gasteiger partial charge on any atom is -0.487 e. The molecule has 0 spiro atoms. The molecule has 0 saturated carbocycles. The van der Waals surface area contributed by atoms with Crippen molar-refractivity contribution in [1.29, 1.82) is 0 Å². The van der Waals surface area contributed by atoms with Crippen LogP contribution in [0.4, 0.5) is 10.1 Å². The van der Waals surface area contributed by atoms with Gasteiger partial charge in [-0.15, -0.1) is 0 Å². The second-order valence-corrected chi connectivity index (χ2v) is 6.22. The lowest BCUT2D eigenvalue weighted by Crippen LogP contribution is -2.05. The van der Waals surface area contributed by atoms with Gasteiger partial charge in [0, 0.05) is 36.1 Å². The summed E-state index contributed by atoms with van der Waals surface area (Å²) in [5.74, 6) is -0.104. The van der Waals surface area contributed by atoms with E-state index in [4.69, 9.17) is 9.47 Å². The SMILES string of the molecule is COCCCc1ccc2c(c1)CO/C2=C1/C(=O)Nc2ccc(F)cc21. The van der Waals surface area contributed by atoms with E-state index in [9.17, 15) is 9.18 Å². The first kappa shape index (κ1) is 15.8. The molecule has 1 amide bonds. The Bertz CT molecular complexity index is 889. The molecule has 0 aliphatic carbocycles. The van der Waals surface area contributed by atoms with Crippen LogP contribution >= 0.6 is 0 Å². The molecular formula is C20H18FNO3. The van der Waals surface area contributed by atoms with Crippen molar-refractivity contribution in [2.75, 3.05) is 19.0 Å². The van der Waals surface area contributed by atoms with Crippen molar-refractivity contribution in [3.63, 3.8) is 0 Å². The Kier molecular flexibility index (Phi) is 4.01. The Labute approximate surface area is 145 Å². The van der Waals surface area contributed by atoms with E-state index in [1.807, 2.05) is 12.1 Å². The van der Waals surface area contributed by atoms with Crippen LogP contribution in [0, 0.1) is 5.82 Å². The van der Waals surface area contributed by atoms with Crippen molar-refractivity contribution in [3.8, 4) is 0 Å². The normalized spacial score (nSPS) is 17.9. The van der Waals surface area contributed by atoms with Gasteiger partial charge in [-0.2, -0.15) is 0 Å². The fourth-order valence-electron chi connectivity index (χ4n) is 3.36. The number of hydrogen-bond donors (Lipinski definition) is 1. The summed E-state index contributed by atoms with van der Waals surface area (Å²) >= 11 is 0. The van der Waals surface area contributed by atoms with Gasteiger partial charge in [0.25, 0.3) is 5.91 Å². The van der Waals surface area contributed by atoms with E-state index in [0.29, 0.717) is 29.2 Å². The number of ether oxygens (including phenoxy) is 2. The van der Waals surface area contributed by atoms with Crippen molar-refractivity contribution in [2.45, 2.75) is 19.4 Å². The van der Waals surface area contributed by atoms with Crippen LogP contribution in [-0.2, 0) is 27.3 Å². The van der Waals surface area contributed by atoms with E-state index in [0.717, 1.165) is 30.6 Å². The van der Waals surface area contributed by atoms with Crippen molar-refractivity contribution in [2.24, 2.45) is 0 Å². The van der Waals surface area contributed by atoms with Gasteiger partial charge in [0.15, 0.2) is 0 Å². The number of fused-ring (bicyclic) bond motifs is 2. The molecule has 4 nitrogen and oxygen atoms in total. The molecule has 0 radical (unpaired) electrons. The fraction of sp³-hybridized carbons (Fsp3) is 0.250. The Balaban J connectivity index is 1.72. The summed E-state index contributed by atoms with van der Waals surface area (Å²) in [4.78, 5) is 12.4. The maximum atomic E-state index is 13.6. The summed E-state index contributed by atoms with van der Waals surface area (Å²) in [5.41, 5.74) is 4.74. The number of hydrogen-bond acceptors (Lipinski definition) is 3. The molecule has 0 unspecified atom stereocenters. The molecule has 0 fully saturated rings. The van der Waals surface area contributed by atoms with E-state index in [1.165, 1.54) is 17.7 Å². The summed E-state index contributed by atoms with van der Waals surface area (Å²) in [6.45, 7) is 1.15. The third-order valence-corrected chi connectivity index (χ3v) is 4.55. The fourth-order valence-corrected chi connectivity index (χ4v) is 3.36. The summed E-state index contributed by atoms with van der Waals surface area (Å²) < 4.78 is 24.5. The smallest absolute Gasteiger partial charge is 0.260 e. The van der Waals surface area contributed by atoms with E-state index in [2.05, 4.69) is 11.4 Å². The van der Waals surface area contributed by atoms with Gasteiger partial charge in [0.2, 0.25) is 0 Å². The highest BCUT2D eigenvalue weighted by Crippen LogP contribution is 2.41. The van der Waals surface area contributed by atoms with Crippen LogP contribution in [0.15, 0.2) is 36.4 Å². The third kappa shape index (κ3) is 2.81. The molecule has 0 saturated heterocycles. The molecule has 2 aliphatic rings. The topological polar surface area (TPSA) is 47.6 Å². The van der Waals surface area contributed by atoms with Gasteiger partial charge in [-0.25, -0.2) is 4.39 Å².